The van der Waals surface area contributed by atoms with E-state index in [2.05, 4.69) is 24.9 Å². The molecule has 0 saturated heterocycles. The van der Waals surface area contributed by atoms with Crippen LogP contribution in [0.25, 0.3) is 0 Å². The van der Waals surface area contributed by atoms with E-state index in [0.717, 1.165) is 11.4 Å². The molecular weight excluding hydrogens is 182 g/mol. The van der Waals surface area contributed by atoms with Crippen molar-refractivity contribution >= 4 is 11.8 Å². The SMILES string of the molecule is Cc1ccnc(SC(C)CCO)c1. The second-order valence-corrected chi connectivity index (χ2v) is 4.57. The minimum absolute atomic E-state index is 0.250. The predicted molar refractivity (Wildman–Crippen MR) is 56.0 cm³/mol. The zero-order chi connectivity index (χ0) is 9.68. The summed E-state index contributed by atoms with van der Waals surface area (Å²) in [5.74, 6) is 0. The van der Waals surface area contributed by atoms with Crippen LogP contribution in [0.15, 0.2) is 23.4 Å². The van der Waals surface area contributed by atoms with Gasteiger partial charge in [0.25, 0.3) is 0 Å². The second kappa shape index (κ2) is 5.25. The monoisotopic (exact) mass is 197 g/mol. The fraction of sp³-hybridized carbons (Fsp3) is 0.500. The lowest BCUT2D eigenvalue weighted by Crippen LogP contribution is -1.99. The number of nitrogens with zero attached hydrogens (tertiary/aromatic N) is 1. The molecule has 0 amide bonds. The molecule has 1 heterocycles. The normalized spacial score (nSPS) is 12.8. The number of hydrogen-bond acceptors (Lipinski definition) is 3. The fourth-order valence-electron chi connectivity index (χ4n) is 1.02. The third-order valence-electron chi connectivity index (χ3n) is 1.75. The Bertz CT molecular complexity index is 265. The molecule has 0 aliphatic heterocycles. The van der Waals surface area contributed by atoms with E-state index in [1.165, 1.54) is 5.56 Å². The van der Waals surface area contributed by atoms with E-state index >= 15 is 0 Å². The molecule has 3 heteroatoms. The molecule has 2 nitrogen and oxygen atoms in total. The van der Waals surface area contributed by atoms with Crippen molar-refractivity contribution in [3.8, 4) is 0 Å². The maximum Gasteiger partial charge on any atom is 0.0965 e. The summed E-state index contributed by atoms with van der Waals surface area (Å²) in [6.45, 7) is 4.41. The van der Waals surface area contributed by atoms with Crippen LogP contribution in [0.2, 0.25) is 0 Å². The molecule has 1 aromatic rings. The number of aryl methyl sites for hydroxylation is 1. The molecule has 1 unspecified atom stereocenters. The molecule has 0 saturated carbocycles. The number of thioether (sulfide) groups is 1. The number of hydrogen-bond donors (Lipinski definition) is 1. The smallest absolute Gasteiger partial charge is 0.0965 e. The van der Waals surface area contributed by atoms with E-state index < -0.39 is 0 Å². The zero-order valence-electron chi connectivity index (χ0n) is 8.03. The van der Waals surface area contributed by atoms with Crippen molar-refractivity contribution in [1.29, 1.82) is 0 Å². The molecule has 1 atom stereocenters. The lowest BCUT2D eigenvalue weighted by Gasteiger charge is -2.08. The number of aromatic nitrogens is 1. The van der Waals surface area contributed by atoms with E-state index in [9.17, 15) is 0 Å². The predicted octanol–water partition coefficient (Wildman–Crippen LogP) is 2.25. The molecule has 1 rings (SSSR count). The van der Waals surface area contributed by atoms with Crippen LogP contribution < -0.4 is 0 Å². The first-order chi connectivity index (χ1) is 6.22. The number of aliphatic hydroxyl groups excluding tert-OH is 1. The Labute approximate surface area is 83.4 Å². The zero-order valence-corrected chi connectivity index (χ0v) is 8.84. The number of rotatable bonds is 4. The topological polar surface area (TPSA) is 33.1 Å². The van der Waals surface area contributed by atoms with Crippen molar-refractivity contribution in [3.63, 3.8) is 0 Å². The van der Waals surface area contributed by atoms with Gasteiger partial charge in [0.1, 0.15) is 0 Å². The van der Waals surface area contributed by atoms with Gasteiger partial charge in [0.15, 0.2) is 0 Å². The van der Waals surface area contributed by atoms with Crippen LogP contribution in [-0.2, 0) is 0 Å². The molecule has 0 aliphatic rings. The van der Waals surface area contributed by atoms with E-state index in [1.54, 1.807) is 11.8 Å². The highest BCUT2D eigenvalue weighted by molar-refractivity contribution is 7.99. The molecule has 0 fully saturated rings. The molecule has 0 aromatic carbocycles. The summed E-state index contributed by atoms with van der Waals surface area (Å²) in [4.78, 5) is 4.24. The molecule has 0 radical (unpaired) electrons. The van der Waals surface area contributed by atoms with Crippen molar-refractivity contribution in [2.45, 2.75) is 30.5 Å². The number of aliphatic hydroxyl groups is 1. The highest BCUT2D eigenvalue weighted by Gasteiger charge is 2.04. The van der Waals surface area contributed by atoms with Crippen LogP contribution in [0.3, 0.4) is 0 Å². The van der Waals surface area contributed by atoms with E-state index in [1.807, 2.05) is 12.3 Å². The molecule has 0 spiro atoms. The highest BCUT2D eigenvalue weighted by Crippen LogP contribution is 2.23. The summed E-state index contributed by atoms with van der Waals surface area (Å²) < 4.78 is 0. The maximum atomic E-state index is 8.74. The van der Waals surface area contributed by atoms with Gasteiger partial charge in [-0.2, -0.15) is 0 Å². The minimum Gasteiger partial charge on any atom is -0.396 e. The number of pyridine rings is 1. The van der Waals surface area contributed by atoms with Gasteiger partial charge in [0.05, 0.1) is 5.03 Å². The van der Waals surface area contributed by atoms with Gasteiger partial charge < -0.3 is 5.11 Å². The van der Waals surface area contributed by atoms with Crippen molar-refractivity contribution in [2.75, 3.05) is 6.61 Å². The van der Waals surface area contributed by atoms with E-state index in [4.69, 9.17) is 5.11 Å². The van der Waals surface area contributed by atoms with Gasteiger partial charge in [-0.05, 0) is 31.0 Å². The van der Waals surface area contributed by atoms with Gasteiger partial charge in [-0.1, -0.05) is 6.92 Å². The lowest BCUT2D eigenvalue weighted by atomic mass is 10.3. The van der Waals surface area contributed by atoms with Gasteiger partial charge in [-0.15, -0.1) is 11.8 Å². The maximum absolute atomic E-state index is 8.74. The minimum atomic E-state index is 0.250. The van der Waals surface area contributed by atoms with Crippen LogP contribution in [-0.4, -0.2) is 21.9 Å². The molecule has 13 heavy (non-hydrogen) atoms. The average Bonchev–Trinajstić information content (AvgIpc) is 2.04. The summed E-state index contributed by atoms with van der Waals surface area (Å²) in [6.07, 6.45) is 2.64. The van der Waals surface area contributed by atoms with Crippen LogP contribution >= 0.6 is 11.8 Å². The molecule has 0 bridgehead atoms. The third kappa shape index (κ3) is 3.79. The van der Waals surface area contributed by atoms with E-state index in [-0.39, 0.29) is 6.61 Å². The summed E-state index contributed by atoms with van der Waals surface area (Å²) in [6, 6.07) is 4.05. The fourth-order valence-corrected chi connectivity index (χ4v) is 2.03. The Balaban J connectivity index is 2.53. The van der Waals surface area contributed by atoms with Crippen LogP contribution in [0.4, 0.5) is 0 Å². The van der Waals surface area contributed by atoms with Crippen molar-refractivity contribution in [1.82, 2.24) is 4.98 Å². The first-order valence-corrected chi connectivity index (χ1v) is 5.30. The average molecular weight is 197 g/mol. The Morgan fingerprint density at radius 2 is 2.38 bits per heavy atom. The van der Waals surface area contributed by atoms with Gasteiger partial charge in [-0.3, -0.25) is 0 Å². The van der Waals surface area contributed by atoms with Gasteiger partial charge >= 0.3 is 0 Å². The molecule has 1 N–H and O–H groups in total. The largest absolute Gasteiger partial charge is 0.396 e. The summed E-state index contributed by atoms with van der Waals surface area (Å²) >= 11 is 1.71. The second-order valence-electron chi connectivity index (χ2n) is 3.11. The quantitative estimate of drug-likeness (QED) is 0.752. The Morgan fingerprint density at radius 1 is 1.62 bits per heavy atom. The molecule has 72 valence electrons. The Kier molecular flexibility index (Phi) is 4.25. The Morgan fingerprint density at radius 3 is 3.00 bits per heavy atom. The van der Waals surface area contributed by atoms with Gasteiger partial charge in [0.2, 0.25) is 0 Å². The third-order valence-corrected chi connectivity index (χ3v) is 2.85. The van der Waals surface area contributed by atoms with Crippen molar-refractivity contribution in [2.24, 2.45) is 0 Å². The van der Waals surface area contributed by atoms with Crippen molar-refractivity contribution < 1.29 is 5.11 Å². The summed E-state index contributed by atoms with van der Waals surface area (Å²) in [7, 11) is 0. The van der Waals surface area contributed by atoms with Gasteiger partial charge in [0, 0.05) is 18.1 Å². The first-order valence-electron chi connectivity index (χ1n) is 4.42. The summed E-state index contributed by atoms with van der Waals surface area (Å²) in [5, 5.41) is 10.2. The Hall–Kier alpha value is -0.540. The summed E-state index contributed by atoms with van der Waals surface area (Å²) in [5.41, 5.74) is 1.23. The van der Waals surface area contributed by atoms with Crippen LogP contribution in [0, 0.1) is 6.92 Å². The highest BCUT2D eigenvalue weighted by atomic mass is 32.2. The van der Waals surface area contributed by atoms with Crippen molar-refractivity contribution in [3.05, 3.63) is 23.9 Å². The first kappa shape index (κ1) is 10.5. The molecule has 1 aromatic heterocycles. The standard InChI is InChI=1S/C10H15NOS/c1-8-3-5-11-10(7-8)13-9(2)4-6-12/h3,5,7,9,12H,4,6H2,1-2H3. The van der Waals surface area contributed by atoms with E-state index in [0.29, 0.717) is 5.25 Å². The molecular formula is C10H15NOS. The van der Waals surface area contributed by atoms with Gasteiger partial charge in [-0.25, -0.2) is 4.98 Å². The molecule has 0 aliphatic carbocycles. The van der Waals surface area contributed by atoms with Crippen LogP contribution in [0.1, 0.15) is 18.9 Å². The lowest BCUT2D eigenvalue weighted by molar-refractivity contribution is 0.289. The van der Waals surface area contributed by atoms with Crippen LogP contribution in [0.5, 0.6) is 0 Å².